The second-order valence-corrected chi connectivity index (χ2v) is 5.49. The minimum absolute atomic E-state index is 0.0678. The molecular formula is C13H18N4OS. The van der Waals surface area contributed by atoms with Gasteiger partial charge in [-0.05, 0) is 12.1 Å². The van der Waals surface area contributed by atoms with Crippen molar-refractivity contribution in [2.75, 3.05) is 27.2 Å². The normalized spacial score (nSPS) is 10.6. The molecule has 0 atom stereocenters. The first-order valence-corrected chi connectivity index (χ1v) is 6.99. The lowest BCUT2D eigenvalue weighted by Crippen LogP contribution is -2.38. The number of thiazole rings is 1. The third-order valence-corrected chi connectivity index (χ3v) is 3.63. The number of benzene rings is 1. The van der Waals surface area contributed by atoms with Gasteiger partial charge in [-0.3, -0.25) is 0 Å². The number of urea groups is 1. The summed E-state index contributed by atoms with van der Waals surface area (Å²) in [4.78, 5) is 17.3. The van der Waals surface area contributed by atoms with Crippen molar-refractivity contribution in [1.29, 1.82) is 0 Å². The molecule has 5 nitrogen and oxygen atoms in total. The standard InChI is InChI=1S/C13H18N4OS/c1-17(2)13(18)15-8-7-14-9-12-16-10-5-3-4-6-11(10)19-12/h3-6,14H,7-9H2,1-2H3,(H,15,18). The van der Waals surface area contributed by atoms with Crippen LogP contribution in [0.2, 0.25) is 0 Å². The highest BCUT2D eigenvalue weighted by Crippen LogP contribution is 2.20. The largest absolute Gasteiger partial charge is 0.337 e. The van der Waals surface area contributed by atoms with Gasteiger partial charge in [-0.25, -0.2) is 9.78 Å². The smallest absolute Gasteiger partial charge is 0.316 e. The molecule has 2 rings (SSSR count). The lowest BCUT2D eigenvalue weighted by Gasteiger charge is -2.11. The van der Waals surface area contributed by atoms with Crippen molar-refractivity contribution in [3.8, 4) is 0 Å². The number of hydrogen-bond donors (Lipinski definition) is 2. The van der Waals surface area contributed by atoms with Gasteiger partial charge in [0.05, 0.1) is 10.2 Å². The van der Waals surface area contributed by atoms with E-state index in [0.717, 1.165) is 23.6 Å². The van der Waals surface area contributed by atoms with Gasteiger partial charge in [0.2, 0.25) is 0 Å². The molecule has 2 amide bonds. The number of hydrogen-bond acceptors (Lipinski definition) is 4. The first-order chi connectivity index (χ1) is 9.16. The van der Waals surface area contributed by atoms with Crippen LogP contribution in [0.25, 0.3) is 10.2 Å². The van der Waals surface area contributed by atoms with Crippen LogP contribution in [0.1, 0.15) is 5.01 Å². The Balaban J connectivity index is 1.72. The second-order valence-electron chi connectivity index (χ2n) is 4.38. The maximum absolute atomic E-state index is 11.3. The fraction of sp³-hybridized carbons (Fsp3) is 0.385. The van der Waals surface area contributed by atoms with Crippen LogP contribution in [0.4, 0.5) is 4.79 Å². The first kappa shape index (κ1) is 13.8. The number of nitrogens with one attached hydrogen (secondary N) is 2. The lowest BCUT2D eigenvalue weighted by molar-refractivity contribution is 0.217. The van der Waals surface area contributed by atoms with E-state index in [0.29, 0.717) is 6.54 Å². The number of para-hydroxylation sites is 1. The molecule has 0 aliphatic rings. The fourth-order valence-corrected chi connectivity index (χ4v) is 2.54. The molecule has 0 spiro atoms. The molecule has 6 heteroatoms. The monoisotopic (exact) mass is 278 g/mol. The summed E-state index contributed by atoms with van der Waals surface area (Å²) >= 11 is 1.70. The van der Waals surface area contributed by atoms with Crippen LogP contribution in [0, 0.1) is 0 Å². The summed E-state index contributed by atoms with van der Waals surface area (Å²) < 4.78 is 1.21. The molecule has 0 fully saturated rings. The van der Waals surface area contributed by atoms with Gasteiger partial charge in [0.15, 0.2) is 0 Å². The predicted molar refractivity (Wildman–Crippen MR) is 78.4 cm³/mol. The summed E-state index contributed by atoms with van der Waals surface area (Å²) in [6.45, 7) is 2.08. The zero-order valence-electron chi connectivity index (χ0n) is 11.1. The van der Waals surface area contributed by atoms with Crippen LogP contribution in [0.3, 0.4) is 0 Å². The minimum atomic E-state index is -0.0678. The molecule has 1 aromatic heterocycles. The van der Waals surface area contributed by atoms with Crippen LogP contribution in [-0.4, -0.2) is 43.1 Å². The van der Waals surface area contributed by atoms with E-state index in [2.05, 4.69) is 21.7 Å². The van der Waals surface area contributed by atoms with Crippen molar-refractivity contribution >= 4 is 27.6 Å². The minimum Gasteiger partial charge on any atom is -0.337 e. The van der Waals surface area contributed by atoms with Gasteiger partial charge < -0.3 is 15.5 Å². The molecule has 0 aliphatic carbocycles. The molecule has 0 radical (unpaired) electrons. The molecule has 1 heterocycles. The average Bonchev–Trinajstić information content (AvgIpc) is 2.80. The fourth-order valence-electron chi connectivity index (χ4n) is 1.61. The van der Waals surface area contributed by atoms with E-state index in [1.54, 1.807) is 25.4 Å². The van der Waals surface area contributed by atoms with E-state index >= 15 is 0 Å². The Morgan fingerprint density at radius 1 is 1.32 bits per heavy atom. The van der Waals surface area contributed by atoms with Crippen molar-refractivity contribution in [3.63, 3.8) is 0 Å². The third-order valence-electron chi connectivity index (χ3n) is 2.60. The Labute approximate surface area is 116 Å². The second kappa shape index (κ2) is 6.49. The molecule has 0 aliphatic heterocycles. The highest BCUT2D eigenvalue weighted by molar-refractivity contribution is 7.18. The SMILES string of the molecule is CN(C)C(=O)NCCNCc1nc2ccccc2s1. The van der Waals surface area contributed by atoms with Crippen LogP contribution < -0.4 is 10.6 Å². The topological polar surface area (TPSA) is 57.3 Å². The molecule has 2 aromatic rings. The number of carbonyl (C=O) groups is 1. The summed E-state index contributed by atoms with van der Waals surface area (Å²) in [5.41, 5.74) is 1.05. The number of aromatic nitrogens is 1. The summed E-state index contributed by atoms with van der Waals surface area (Å²) in [7, 11) is 3.45. The van der Waals surface area contributed by atoms with Crippen molar-refractivity contribution in [1.82, 2.24) is 20.5 Å². The van der Waals surface area contributed by atoms with Gasteiger partial charge in [-0.2, -0.15) is 0 Å². The molecule has 0 unspecified atom stereocenters. The summed E-state index contributed by atoms with van der Waals surface area (Å²) in [6.07, 6.45) is 0. The van der Waals surface area contributed by atoms with Gasteiger partial charge in [0.1, 0.15) is 5.01 Å². The summed E-state index contributed by atoms with van der Waals surface area (Å²) in [5, 5.41) is 7.14. The molecule has 0 bridgehead atoms. The van der Waals surface area contributed by atoms with Gasteiger partial charge in [-0.15, -0.1) is 11.3 Å². The van der Waals surface area contributed by atoms with Crippen molar-refractivity contribution in [2.24, 2.45) is 0 Å². The van der Waals surface area contributed by atoms with Gasteiger partial charge in [0.25, 0.3) is 0 Å². The predicted octanol–water partition coefficient (Wildman–Crippen LogP) is 1.66. The van der Waals surface area contributed by atoms with E-state index in [-0.39, 0.29) is 6.03 Å². The average molecular weight is 278 g/mol. The Morgan fingerprint density at radius 2 is 2.11 bits per heavy atom. The van der Waals surface area contributed by atoms with Crippen LogP contribution in [-0.2, 0) is 6.54 Å². The lowest BCUT2D eigenvalue weighted by atomic mass is 10.3. The highest BCUT2D eigenvalue weighted by atomic mass is 32.1. The Morgan fingerprint density at radius 3 is 2.84 bits per heavy atom. The van der Waals surface area contributed by atoms with Gasteiger partial charge >= 0.3 is 6.03 Å². The molecule has 1 aromatic carbocycles. The van der Waals surface area contributed by atoms with Crippen molar-refractivity contribution < 1.29 is 4.79 Å². The number of amides is 2. The summed E-state index contributed by atoms with van der Waals surface area (Å²) in [6, 6.07) is 8.05. The molecule has 2 N–H and O–H groups in total. The van der Waals surface area contributed by atoms with E-state index in [1.165, 1.54) is 9.60 Å². The Bertz CT molecular complexity index is 519. The zero-order chi connectivity index (χ0) is 13.7. The maximum atomic E-state index is 11.3. The highest BCUT2D eigenvalue weighted by Gasteiger charge is 2.03. The number of rotatable bonds is 5. The van der Waals surface area contributed by atoms with E-state index in [1.807, 2.05) is 18.2 Å². The van der Waals surface area contributed by atoms with E-state index in [9.17, 15) is 4.79 Å². The van der Waals surface area contributed by atoms with Crippen LogP contribution in [0.15, 0.2) is 24.3 Å². The van der Waals surface area contributed by atoms with Crippen LogP contribution in [0.5, 0.6) is 0 Å². The third kappa shape index (κ3) is 3.90. The number of fused-ring (bicyclic) bond motifs is 1. The summed E-state index contributed by atoms with van der Waals surface area (Å²) in [5.74, 6) is 0. The molecule has 0 saturated carbocycles. The molecule has 0 saturated heterocycles. The van der Waals surface area contributed by atoms with E-state index < -0.39 is 0 Å². The number of carbonyl (C=O) groups excluding carboxylic acids is 1. The quantitative estimate of drug-likeness (QED) is 0.818. The van der Waals surface area contributed by atoms with Crippen LogP contribution >= 0.6 is 11.3 Å². The van der Waals surface area contributed by atoms with Crippen molar-refractivity contribution in [3.05, 3.63) is 29.3 Å². The molecular weight excluding hydrogens is 260 g/mol. The number of nitrogens with zero attached hydrogens (tertiary/aromatic N) is 2. The van der Waals surface area contributed by atoms with Crippen molar-refractivity contribution in [2.45, 2.75) is 6.54 Å². The maximum Gasteiger partial charge on any atom is 0.316 e. The Kier molecular flexibility index (Phi) is 4.70. The van der Waals surface area contributed by atoms with Gasteiger partial charge in [0, 0.05) is 33.7 Å². The van der Waals surface area contributed by atoms with Gasteiger partial charge in [-0.1, -0.05) is 12.1 Å². The molecule has 102 valence electrons. The first-order valence-electron chi connectivity index (χ1n) is 6.17. The Hall–Kier alpha value is -1.66. The van der Waals surface area contributed by atoms with E-state index in [4.69, 9.17) is 0 Å². The molecule has 19 heavy (non-hydrogen) atoms. The zero-order valence-corrected chi connectivity index (χ0v) is 12.0.